The number of carbonyl (C=O) groups excluding carboxylic acids is 3. The van der Waals surface area contributed by atoms with Crippen LogP contribution in [0.25, 0.3) is 0 Å². The second-order valence-corrected chi connectivity index (χ2v) is 7.16. The van der Waals surface area contributed by atoms with E-state index in [4.69, 9.17) is 9.98 Å². The zero-order valence-corrected chi connectivity index (χ0v) is 14.2. The van der Waals surface area contributed by atoms with Gasteiger partial charge in [-0.15, -0.1) is 0 Å². The van der Waals surface area contributed by atoms with Crippen molar-refractivity contribution < 1.29 is 27.6 Å². The molecule has 0 aromatic heterocycles. The van der Waals surface area contributed by atoms with Gasteiger partial charge < -0.3 is 4.84 Å². The van der Waals surface area contributed by atoms with Gasteiger partial charge in [-0.25, -0.2) is 18.4 Å². The number of carbonyl (C=O) groups is 3. The highest BCUT2D eigenvalue weighted by Crippen LogP contribution is 2.23. The van der Waals surface area contributed by atoms with E-state index in [1.165, 1.54) is 36.4 Å². The Hall–Kier alpha value is -3.04. The molecule has 0 unspecified atom stereocenters. The first-order valence-electron chi connectivity index (χ1n) is 7.58. The van der Waals surface area contributed by atoms with Crippen molar-refractivity contribution in [3.8, 4) is 0 Å². The molecule has 8 nitrogen and oxygen atoms in total. The quantitative estimate of drug-likeness (QED) is 0.779. The van der Waals surface area contributed by atoms with Crippen molar-refractivity contribution in [1.29, 1.82) is 0 Å². The summed E-state index contributed by atoms with van der Waals surface area (Å²) in [5.41, 5.74) is 1.05. The topological polar surface area (TPSA) is 124 Å². The van der Waals surface area contributed by atoms with E-state index in [1.54, 1.807) is 12.1 Å². The molecule has 1 aliphatic heterocycles. The molecule has 26 heavy (non-hydrogen) atoms. The maximum Gasteiger partial charge on any atom is 0.333 e. The number of benzene rings is 2. The lowest BCUT2D eigenvalue weighted by atomic mass is 10.1. The highest BCUT2D eigenvalue weighted by Gasteiger charge is 2.38. The Morgan fingerprint density at radius 1 is 0.962 bits per heavy atom. The van der Waals surface area contributed by atoms with E-state index in [1.807, 2.05) is 0 Å². The molecule has 2 amide bonds. The molecule has 1 heterocycles. The van der Waals surface area contributed by atoms with Crippen LogP contribution in [0.3, 0.4) is 0 Å². The lowest BCUT2D eigenvalue weighted by Gasteiger charge is -2.12. The zero-order valence-electron chi connectivity index (χ0n) is 13.4. The van der Waals surface area contributed by atoms with Crippen LogP contribution < -0.4 is 5.14 Å². The molecular formula is C17H14N2O6S. The molecule has 2 N–H and O–H groups in total. The fourth-order valence-corrected chi connectivity index (χ4v) is 3.01. The van der Waals surface area contributed by atoms with E-state index in [0.29, 0.717) is 10.6 Å². The van der Waals surface area contributed by atoms with Crippen molar-refractivity contribution >= 4 is 27.8 Å². The van der Waals surface area contributed by atoms with Crippen LogP contribution in [0.5, 0.6) is 0 Å². The van der Waals surface area contributed by atoms with Gasteiger partial charge in [0.25, 0.3) is 11.8 Å². The summed E-state index contributed by atoms with van der Waals surface area (Å²) in [5, 5.41) is 5.47. The van der Waals surface area contributed by atoms with Crippen LogP contribution in [0, 0.1) is 0 Å². The number of nitrogens with zero attached hydrogens (tertiary/aromatic N) is 1. The van der Waals surface area contributed by atoms with Gasteiger partial charge >= 0.3 is 5.97 Å². The lowest BCUT2D eigenvalue weighted by molar-refractivity contribution is -0.168. The number of hydroxylamine groups is 2. The van der Waals surface area contributed by atoms with Gasteiger partial charge in [-0.3, -0.25) is 9.59 Å². The molecule has 0 saturated carbocycles. The Labute approximate surface area is 149 Å². The molecule has 0 atom stereocenters. The van der Waals surface area contributed by atoms with E-state index in [9.17, 15) is 22.8 Å². The number of sulfonamides is 1. The second kappa shape index (κ2) is 6.70. The Balaban J connectivity index is 1.60. The summed E-state index contributed by atoms with van der Waals surface area (Å²) in [6.45, 7) is 0. The lowest BCUT2D eigenvalue weighted by Crippen LogP contribution is -2.32. The third-order valence-corrected chi connectivity index (χ3v) is 4.75. The van der Waals surface area contributed by atoms with Gasteiger partial charge in [0.1, 0.15) is 0 Å². The standard InChI is InChI=1S/C17H14N2O6S/c18-26(23,24)12-8-5-11(6-9-12)7-10-15(20)25-19-16(21)13-3-1-2-4-14(13)17(19)22/h1-6,8-9H,7,10H2,(H2,18,23,24). The van der Waals surface area contributed by atoms with Gasteiger partial charge in [0.15, 0.2) is 0 Å². The Morgan fingerprint density at radius 3 is 2.00 bits per heavy atom. The molecule has 2 aromatic carbocycles. The Kier molecular flexibility index (Phi) is 4.58. The summed E-state index contributed by atoms with van der Waals surface area (Å²) < 4.78 is 22.4. The summed E-state index contributed by atoms with van der Waals surface area (Å²) in [6.07, 6.45) is 0.148. The molecule has 9 heteroatoms. The van der Waals surface area contributed by atoms with Gasteiger partial charge in [0.2, 0.25) is 10.0 Å². The number of amides is 2. The molecule has 2 aromatic rings. The Morgan fingerprint density at radius 2 is 1.50 bits per heavy atom. The molecular weight excluding hydrogens is 360 g/mol. The smallest absolute Gasteiger partial charge is 0.330 e. The van der Waals surface area contributed by atoms with E-state index < -0.39 is 27.8 Å². The summed E-state index contributed by atoms with van der Waals surface area (Å²) in [6, 6.07) is 11.9. The number of primary sulfonamides is 1. The first-order valence-corrected chi connectivity index (χ1v) is 9.12. The highest BCUT2D eigenvalue weighted by molar-refractivity contribution is 7.89. The van der Waals surface area contributed by atoms with Crippen LogP contribution >= 0.6 is 0 Å². The van der Waals surface area contributed by atoms with Crippen molar-refractivity contribution in [2.45, 2.75) is 17.7 Å². The summed E-state index contributed by atoms with van der Waals surface area (Å²) in [7, 11) is -3.78. The van der Waals surface area contributed by atoms with E-state index in [0.717, 1.165) is 0 Å². The molecule has 0 saturated heterocycles. The number of fused-ring (bicyclic) bond motifs is 1. The van der Waals surface area contributed by atoms with Crippen LogP contribution in [0.15, 0.2) is 53.4 Å². The van der Waals surface area contributed by atoms with E-state index in [2.05, 4.69) is 0 Å². The number of hydrogen-bond donors (Lipinski definition) is 1. The average Bonchev–Trinajstić information content (AvgIpc) is 2.85. The first kappa shape index (κ1) is 17.8. The SMILES string of the molecule is NS(=O)(=O)c1ccc(CCC(=O)ON2C(=O)c3ccccc3C2=O)cc1. The number of imide groups is 1. The Bertz CT molecular complexity index is 963. The summed E-state index contributed by atoms with van der Waals surface area (Å²) in [4.78, 5) is 41.0. The van der Waals surface area contributed by atoms with E-state index in [-0.39, 0.29) is 28.9 Å². The van der Waals surface area contributed by atoms with Crippen LogP contribution in [-0.2, 0) is 26.1 Å². The zero-order chi connectivity index (χ0) is 18.9. The van der Waals surface area contributed by atoms with Crippen molar-refractivity contribution in [2.24, 2.45) is 5.14 Å². The maximum atomic E-state index is 12.1. The van der Waals surface area contributed by atoms with Gasteiger partial charge in [-0.1, -0.05) is 29.3 Å². The predicted molar refractivity (Wildman–Crippen MR) is 89.2 cm³/mol. The molecule has 0 radical (unpaired) electrons. The fourth-order valence-electron chi connectivity index (χ4n) is 2.49. The van der Waals surface area contributed by atoms with E-state index >= 15 is 0 Å². The van der Waals surface area contributed by atoms with Crippen LogP contribution in [0.2, 0.25) is 0 Å². The third-order valence-electron chi connectivity index (χ3n) is 3.82. The minimum Gasteiger partial charge on any atom is -0.330 e. The highest BCUT2D eigenvalue weighted by atomic mass is 32.2. The van der Waals surface area contributed by atoms with Crippen LogP contribution in [-0.4, -0.2) is 31.3 Å². The minimum atomic E-state index is -3.78. The average molecular weight is 374 g/mol. The number of rotatable bonds is 5. The third kappa shape index (κ3) is 3.48. The normalized spacial score (nSPS) is 13.7. The number of aryl methyl sites for hydroxylation is 1. The fraction of sp³-hybridized carbons (Fsp3) is 0.118. The molecule has 1 aliphatic rings. The molecule has 0 aliphatic carbocycles. The molecule has 3 rings (SSSR count). The first-order chi connectivity index (χ1) is 12.3. The van der Waals surface area contributed by atoms with Gasteiger partial charge in [-0.2, -0.15) is 0 Å². The van der Waals surface area contributed by atoms with Crippen LogP contribution in [0.1, 0.15) is 32.7 Å². The minimum absolute atomic E-state index is 0.0325. The van der Waals surface area contributed by atoms with Crippen molar-refractivity contribution in [1.82, 2.24) is 5.06 Å². The van der Waals surface area contributed by atoms with Crippen molar-refractivity contribution in [3.05, 3.63) is 65.2 Å². The van der Waals surface area contributed by atoms with Crippen molar-refractivity contribution in [2.75, 3.05) is 0 Å². The van der Waals surface area contributed by atoms with Gasteiger partial charge in [0, 0.05) is 0 Å². The molecule has 0 spiro atoms. The number of hydrogen-bond acceptors (Lipinski definition) is 6. The molecule has 0 bridgehead atoms. The predicted octanol–water partition coefficient (Wildman–Crippen LogP) is 1.02. The summed E-state index contributed by atoms with van der Waals surface area (Å²) >= 11 is 0. The van der Waals surface area contributed by atoms with Gasteiger partial charge in [-0.05, 0) is 36.2 Å². The molecule has 134 valence electrons. The van der Waals surface area contributed by atoms with Crippen LogP contribution in [0.4, 0.5) is 0 Å². The summed E-state index contributed by atoms with van der Waals surface area (Å²) in [5.74, 6) is -2.12. The maximum absolute atomic E-state index is 12.1. The second-order valence-electron chi connectivity index (χ2n) is 5.60. The van der Waals surface area contributed by atoms with Crippen molar-refractivity contribution in [3.63, 3.8) is 0 Å². The molecule has 0 fully saturated rings. The monoisotopic (exact) mass is 374 g/mol. The van der Waals surface area contributed by atoms with Gasteiger partial charge in [0.05, 0.1) is 22.4 Å². The largest absolute Gasteiger partial charge is 0.333 e. The number of nitrogens with two attached hydrogens (primary N) is 1.